The fourth-order valence-corrected chi connectivity index (χ4v) is 3.07. The van der Waals surface area contributed by atoms with E-state index in [0.29, 0.717) is 0 Å². The van der Waals surface area contributed by atoms with Crippen LogP contribution in [0.1, 0.15) is 11.1 Å². The van der Waals surface area contributed by atoms with Gasteiger partial charge in [-0.2, -0.15) is 11.8 Å². The third-order valence-electron chi connectivity index (χ3n) is 3.94. The van der Waals surface area contributed by atoms with Gasteiger partial charge in [-0.25, -0.2) is 0 Å². The summed E-state index contributed by atoms with van der Waals surface area (Å²) in [5.74, 6) is 1.25. The Morgan fingerprint density at radius 1 is 1.00 bits per heavy atom. The first-order chi connectivity index (χ1) is 9.81. The molecule has 0 saturated carbocycles. The van der Waals surface area contributed by atoms with E-state index in [9.17, 15) is 0 Å². The highest BCUT2D eigenvalue weighted by Crippen LogP contribution is 2.10. The van der Waals surface area contributed by atoms with Crippen LogP contribution >= 0.6 is 11.8 Å². The monoisotopic (exact) mass is 293 g/mol. The summed E-state index contributed by atoms with van der Waals surface area (Å²) in [7, 11) is 0. The zero-order valence-corrected chi connectivity index (χ0v) is 13.4. The maximum atomic E-state index is 5.58. The highest BCUT2D eigenvalue weighted by molar-refractivity contribution is 7.98. The summed E-state index contributed by atoms with van der Waals surface area (Å²) in [6, 6.07) is 8.95. The van der Waals surface area contributed by atoms with E-state index in [4.69, 9.17) is 5.73 Å². The van der Waals surface area contributed by atoms with Gasteiger partial charge < -0.3 is 5.73 Å². The van der Waals surface area contributed by atoms with Crippen LogP contribution in [-0.2, 0) is 13.0 Å². The van der Waals surface area contributed by atoms with Crippen LogP contribution in [0.25, 0.3) is 0 Å². The normalized spacial score (nSPS) is 17.5. The lowest BCUT2D eigenvalue weighted by molar-refractivity contribution is 0.133. The Hall–Kier alpha value is -0.550. The molecule has 4 heteroatoms. The lowest BCUT2D eigenvalue weighted by Gasteiger charge is -2.34. The summed E-state index contributed by atoms with van der Waals surface area (Å²) >= 11 is 1.94. The fraction of sp³-hybridized carbons (Fsp3) is 0.625. The van der Waals surface area contributed by atoms with Crippen LogP contribution < -0.4 is 5.73 Å². The Kier molecular flexibility index (Phi) is 6.87. The van der Waals surface area contributed by atoms with E-state index in [0.717, 1.165) is 19.5 Å². The summed E-state index contributed by atoms with van der Waals surface area (Å²) in [5, 5.41) is 0. The van der Waals surface area contributed by atoms with Crippen LogP contribution in [0, 0.1) is 0 Å². The van der Waals surface area contributed by atoms with Gasteiger partial charge in [-0.1, -0.05) is 24.3 Å². The van der Waals surface area contributed by atoms with Gasteiger partial charge in [0.15, 0.2) is 0 Å². The van der Waals surface area contributed by atoms with Crippen LogP contribution in [0.3, 0.4) is 0 Å². The molecule has 0 bridgehead atoms. The molecule has 3 nitrogen and oxygen atoms in total. The van der Waals surface area contributed by atoms with Crippen molar-refractivity contribution in [2.24, 2.45) is 5.73 Å². The maximum Gasteiger partial charge on any atom is 0.0234 e. The third kappa shape index (κ3) is 5.09. The van der Waals surface area contributed by atoms with Gasteiger partial charge in [0, 0.05) is 45.0 Å². The number of nitrogens with zero attached hydrogens (tertiary/aromatic N) is 2. The minimum atomic E-state index is 0.733. The van der Waals surface area contributed by atoms with Gasteiger partial charge in [-0.3, -0.25) is 9.80 Å². The van der Waals surface area contributed by atoms with Crippen molar-refractivity contribution >= 4 is 11.8 Å². The van der Waals surface area contributed by atoms with Gasteiger partial charge in [0.1, 0.15) is 0 Å². The van der Waals surface area contributed by atoms with Crippen molar-refractivity contribution in [3.63, 3.8) is 0 Å². The summed E-state index contributed by atoms with van der Waals surface area (Å²) in [4.78, 5) is 5.14. The van der Waals surface area contributed by atoms with E-state index in [1.165, 1.54) is 49.6 Å². The van der Waals surface area contributed by atoms with Crippen LogP contribution in [0.2, 0.25) is 0 Å². The van der Waals surface area contributed by atoms with Crippen molar-refractivity contribution in [3.8, 4) is 0 Å². The van der Waals surface area contributed by atoms with Crippen molar-refractivity contribution in [3.05, 3.63) is 35.4 Å². The van der Waals surface area contributed by atoms with E-state index < -0.39 is 0 Å². The summed E-state index contributed by atoms with van der Waals surface area (Å²) in [6.45, 7) is 7.87. The molecule has 0 amide bonds. The molecule has 1 aromatic carbocycles. The molecule has 1 aromatic rings. The molecule has 20 heavy (non-hydrogen) atoms. The second kappa shape index (κ2) is 8.67. The maximum absolute atomic E-state index is 5.58. The highest BCUT2D eigenvalue weighted by Gasteiger charge is 2.16. The zero-order valence-electron chi connectivity index (χ0n) is 12.6. The Morgan fingerprint density at radius 2 is 1.60 bits per heavy atom. The average molecular weight is 293 g/mol. The Bertz CT molecular complexity index is 372. The standard InChI is InChI=1S/C16H27N3S/c1-20-13-12-18-8-10-19(11-9-18)14-16-4-2-15(3-5-16)6-7-17/h2-5H,6-14,17H2,1H3. The van der Waals surface area contributed by atoms with Crippen LogP contribution in [0.5, 0.6) is 0 Å². The highest BCUT2D eigenvalue weighted by atomic mass is 32.2. The van der Waals surface area contributed by atoms with E-state index in [1.807, 2.05) is 11.8 Å². The fourth-order valence-electron chi connectivity index (χ4n) is 2.63. The quantitative estimate of drug-likeness (QED) is 0.829. The predicted molar refractivity (Wildman–Crippen MR) is 89.3 cm³/mol. The first kappa shape index (κ1) is 15.8. The molecule has 1 fully saturated rings. The molecule has 0 radical (unpaired) electrons. The summed E-state index contributed by atoms with van der Waals surface area (Å²) in [5.41, 5.74) is 8.35. The van der Waals surface area contributed by atoms with Crippen molar-refractivity contribution in [2.75, 3.05) is 51.3 Å². The Balaban J connectivity index is 1.74. The SMILES string of the molecule is CSCCN1CCN(Cc2ccc(CCN)cc2)CC1. The van der Waals surface area contributed by atoms with Crippen LogP contribution in [0.4, 0.5) is 0 Å². The van der Waals surface area contributed by atoms with Gasteiger partial charge in [0.25, 0.3) is 0 Å². The van der Waals surface area contributed by atoms with Crippen molar-refractivity contribution in [1.29, 1.82) is 0 Å². The molecule has 1 aliphatic heterocycles. The molecule has 0 aromatic heterocycles. The van der Waals surface area contributed by atoms with E-state index in [2.05, 4.69) is 40.3 Å². The zero-order chi connectivity index (χ0) is 14.2. The largest absolute Gasteiger partial charge is 0.330 e. The van der Waals surface area contributed by atoms with Gasteiger partial charge in [0.05, 0.1) is 0 Å². The molecule has 112 valence electrons. The summed E-state index contributed by atoms with van der Waals surface area (Å²) < 4.78 is 0. The van der Waals surface area contributed by atoms with Crippen molar-refractivity contribution in [1.82, 2.24) is 9.80 Å². The minimum absolute atomic E-state index is 0.733. The van der Waals surface area contributed by atoms with Gasteiger partial charge in [-0.05, 0) is 30.3 Å². The molecule has 2 N–H and O–H groups in total. The second-order valence-electron chi connectivity index (χ2n) is 5.47. The minimum Gasteiger partial charge on any atom is -0.330 e. The molecule has 0 aliphatic carbocycles. The topological polar surface area (TPSA) is 32.5 Å². The van der Waals surface area contributed by atoms with Crippen molar-refractivity contribution < 1.29 is 0 Å². The number of thioether (sulfide) groups is 1. The molecule has 0 atom stereocenters. The first-order valence-electron chi connectivity index (χ1n) is 7.53. The molecule has 0 spiro atoms. The Labute approximate surface area is 127 Å². The number of benzene rings is 1. The lowest BCUT2D eigenvalue weighted by atomic mass is 10.1. The molecule has 1 heterocycles. The van der Waals surface area contributed by atoms with Crippen LogP contribution in [-0.4, -0.2) is 61.1 Å². The molecule has 2 rings (SSSR count). The molecular formula is C16H27N3S. The molecule has 0 unspecified atom stereocenters. The van der Waals surface area contributed by atoms with Crippen LogP contribution in [0.15, 0.2) is 24.3 Å². The number of nitrogens with two attached hydrogens (primary N) is 1. The van der Waals surface area contributed by atoms with E-state index in [1.54, 1.807) is 0 Å². The molecule has 1 saturated heterocycles. The summed E-state index contributed by atoms with van der Waals surface area (Å²) in [6.07, 6.45) is 3.17. The van der Waals surface area contributed by atoms with Crippen molar-refractivity contribution in [2.45, 2.75) is 13.0 Å². The number of hydrogen-bond acceptors (Lipinski definition) is 4. The molecular weight excluding hydrogens is 266 g/mol. The molecule has 1 aliphatic rings. The van der Waals surface area contributed by atoms with Gasteiger partial charge >= 0.3 is 0 Å². The lowest BCUT2D eigenvalue weighted by Crippen LogP contribution is -2.46. The Morgan fingerprint density at radius 3 is 2.20 bits per heavy atom. The number of rotatable bonds is 7. The smallest absolute Gasteiger partial charge is 0.0234 e. The van der Waals surface area contributed by atoms with Gasteiger partial charge in [-0.15, -0.1) is 0 Å². The van der Waals surface area contributed by atoms with Gasteiger partial charge in [0.2, 0.25) is 0 Å². The van der Waals surface area contributed by atoms with E-state index >= 15 is 0 Å². The van der Waals surface area contributed by atoms with E-state index in [-0.39, 0.29) is 0 Å². The average Bonchev–Trinajstić information content (AvgIpc) is 2.49. The third-order valence-corrected chi connectivity index (χ3v) is 4.53. The predicted octanol–water partition coefficient (Wildman–Crippen LogP) is 1.67. The number of hydrogen-bond donors (Lipinski definition) is 1. The number of piperazine rings is 1. The second-order valence-corrected chi connectivity index (χ2v) is 6.45. The first-order valence-corrected chi connectivity index (χ1v) is 8.92.